The number of nitrogens with zero attached hydrogens (tertiary/aromatic N) is 3. The maximum Gasteiger partial charge on any atom is 0.261 e. The molecule has 2 heterocycles. The van der Waals surface area contributed by atoms with Crippen molar-refractivity contribution in [3.63, 3.8) is 0 Å². The van der Waals surface area contributed by atoms with Gasteiger partial charge in [0, 0.05) is 18.8 Å². The van der Waals surface area contributed by atoms with Crippen LogP contribution in [0, 0.1) is 0 Å². The second kappa shape index (κ2) is 8.45. The van der Waals surface area contributed by atoms with Gasteiger partial charge in [0.15, 0.2) is 0 Å². The van der Waals surface area contributed by atoms with Crippen molar-refractivity contribution >= 4 is 22.5 Å². The van der Waals surface area contributed by atoms with Gasteiger partial charge in [-0.3, -0.25) is 14.2 Å². The molecule has 0 bridgehead atoms. The third kappa shape index (κ3) is 4.63. The standard InChI is InChI=1S/C22H24N4O3/c1-25-12-10-18(11-13-25)29-17-8-6-16(7-9-17)24-21(27)14-26-15-23-20-5-3-2-4-19(20)22(26)28/h2-9,15,18H,10-14H2,1H3,(H,24,27). The van der Waals surface area contributed by atoms with Crippen LogP contribution in [0.1, 0.15) is 12.8 Å². The Labute approximate surface area is 168 Å². The third-order valence-corrected chi connectivity index (χ3v) is 5.15. The number of likely N-dealkylation sites (tertiary alicyclic amines) is 1. The molecule has 4 rings (SSSR count). The Hall–Kier alpha value is -3.19. The summed E-state index contributed by atoms with van der Waals surface area (Å²) in [6, 6.07) is 14.4. The van der Waals surface area contributed by atoms with Crippen molar-refractivity contribution < 1.29 is 9.53 Å². The van der Waals surface area contributed by atoms with Gasteiger partial charge in [0.05, 0.1) is 17.2 Å². The highest BCUT2D eigenvalue weighted by atomic mass is 16.5. The average molecular weight is 392 g/mol. The van der Waals surface area contributed by atoms with Crippen molar-refractivity contribution in [2.45, 2.75) is 25.5 Å². The van der Waals surface area contributed by atoms with Crippen LogP contribution >= 0.6 is 0 Å². The number of para-hydroxylation sites is 1. The summed E-state index contributed by atoms with van der Waals surface area (Å²) >= 11 is 0. The van der Waals surface area contributed by atoms with Gasteiger partial charge < -0.3 is 15.0 Å². The van der Waals surface area contributed by atoms with Crippen molar-refractivity contribution in [3.8, 4) is 5.75 Å². The number of aromatic nitrogens is 2. The zero-order valence-electron chi connectivity index (χ0n) is 16.4. The van der Waals surface area contributed by atoms with Gasteiger partial charge in [-0.2, -0.15) is 0 Å². The molecule has 1 aliphatic heterocycles. The fourth-order valence-corrected chi connectivity index (χ4v) is 3.49. The van der Waals surface area contributed by atoms with Gasteiger partial charge in [-0.25, -0.2) is 4.98 Å². The predicted octanol–water partition coefficient (Wildman–Crippen LogP) is 2.51. The second-order valence-electron chi connectivity index (χ2n) is 7.39. The van der Waals surface area contributed by atoms with E-state index in [4.69, 9.17) is 4.74 Å². The van der Waals surface area contributed by atoms with Crippen molar-refractivity contribution in [2.24, 2.45) is 0 Å². The molecular weight excluding hydrogens is 368 g/mol. The van der Waals surface area contributed by atoms with E-state index in [0.717, 1.165) is 31.7 Å². The van der Waals surface area contributed by atoms with Crippen LogP contribution in [0.3, 0.4) is 0 Å². The number of hydrogen-bond acceptors (Lipinski definition) is 5. The maximum absolute atomic E-state index is 12.5. The van der Waals surface area contributed by atoms with Gasteiger partial charge in [0.25, 0.3) is 5.56 Å². The van der Waals surface area contributed by atoms with Crippen LogP contribution in [0.5, 0.6) is 5.75 Å². The predicted molar refractivity (Wildman–Crippen MR) is 112 cm³/mol. The lowest BCUT2D eigenvalue weighted by Crippen LogP contribution is -2.35. The number of piperidine rings is 1. The van der Waals surface area contributed by atoms with E-state index >= 15 is 0 Å². The molecule has 0 atom stereocenters. The van der Waals surface area contributed by atoms with Gasteiger partial charge in [0.1, 0.15) is 18.4 Å². The van der Waals surface area contributed by atoms with Crippen LogP contribution in [0.25, 0.3) is 10.9 Å². The van der Waals surface area contributed by atoms with E-state index in [2.05, 4.69) is 22.2 Å². The molecule has 1 N–H and O–H groups in total. The van der Waals surface area contributed by atoms with Crippen molar-refractivity contribution in [1.82, 2.24) is 14.5 Å². The Balaban J connectivity index is 1.36. The number of rotatable bonds is 5. The van der Waals surface area contributed by atoms with Gasteiger partial charge in [-0.1, -0.05) is 12.1 Å². The van der Waals surface area contributed by atoms with E-state index < -0.39 is 0 Å². The molecule has 0 spiro atoms. The lowest BCUT2D eigenvalue weighted by atomic mass is 10.1. The maximum atomic E-state index is 12.5. The molecule has 1 amide bonds. The van der Waals surface area contributed by atoms with Gasteiger partial charge in [-0.15, -0.1) is 0 Å². The van der Waals surface area contributed by atoms with Crippen LogP contribution in [-0.2, 0) is 11.3 Å². The molecule has 29 heavy (non-hydrogen) atoms. The summed E-state index contributed by atoms with van der Waals surface area (Å²) < 4.78 is 7.34. The monoisotopic (exact) mass is 392 g/mol. The molecule has 0 saturated carbocycles. The summed E-state index contributed by atoms with van der Waals surface area (Å²) in [7, 11) is 2.12. The first-order valence-electron chi connectivity index (χ1n) is 9.78. The number of ether oxygens (including phenoxy) is 1. The molecule has 1 fully saturated rings. The molecular formula is C22H24N4O3. The number of amides is 1. The van der Waals surface area contributed by atoms with Crippen molar-refractivity contribution in [2.75, 3.05) is 25.5 Å². The number of fused-ring (bicyclic) bond motifs is 1. The zero-order chi connectivity index (χ0) is 20.2. The summed E-state index contributed by atoms with van der Waals surface area (Å²) in [5.41, 5.74) is 1.05. The largest absolute Gasteiger partial charge is 0.490 e. The Morgan fingerprint density at radius 2 is 1.86 bits per heavy atom. The Morgan fingerprint density at radius 3 is 2.62 bits per heavy atom. The fraction of sp³-hybridized carbons (Fsp3) is 0.318. The SMILES string of the molecule is CN1CCC(Oc2ccc(NC(=O)Cn3cnc4ccccc4c3=O)cc2)CC1. The molecule has 0 unspecified atom stereocenters. The highest BCUT2D eigenvalue weighted by Crippen LogP contribution is 2.20. The van der Waals surface area contributed by atoms with E-state index in [9.17, 15) is 9.59 Å². The summed E-state index contributed by atoms with van der Waals surface area (Å²) in [6.07, 6.45) is 3.68. The molecule has 3 aromatic rings. The van der Waals surface area contributed by atoms with Crippen molar-refractivity contribution in [1.29, 1.82) is 0 Å². The van der Waals surface area contributed by atoms with Gasteiger partial charge in [0.2, 0.25) is 5.91 Å². The first-order valence-corrected chi connectivity index (χ1v) is 9.78. The Morgan fingerprint density at radius 1 is 1.14 bits per heavy atom. The summed E-state index contributed by atoms with van der Waals surface area (Å²) in [5, 5.41) is 3.31. The average Bonchev–Trinajstić information content (AvgIpc) is 2.73. The smallest absolute Gasteiger partial charge is 0.261 e. The zero-order valence-corrected chi connectivity index (χ0v) is 16.4. The number of hydrogen-bond donors (Lipinski definition) is 1. The molecule has 7 heteroatoms. The summed E-state index contributed by atoms with van der Waals surface area (Å²) in [6.45, 7) is 1.99. The first-order chi connectivity index (χ1) is 14.1. The minimum atomic E-state index is -0.284. The molecule has 0 radical (unpaired) electrons. The van der Waals surface area contributed by atoms with Crippen LogP contribution in [-0.4, -0.2) is 46.6 Å². The van der Waals surface area contributed by atoms with E-state index in [0.29, 0.717) is 16.6 Å². The quantitative estimate of drug-likeness (QED) is 0.722. The molecule has 1 aromatic heterocycles. The molecule has 1 saturated heterocycles. The van der Waals surface area contributed by atoms with E-state index in [1.165, 1.54) is 10.9 Å². The molecule has 7 nitrogen and oxygen atoms in total. The minimum absolute atomic E-state index is 0.0927. The number of anilines is 1. The fourth-order valence-electron chi connectivity index (χ4n) is 3.49. The highest BCUT2D eigenvalue weighted by Gasteiger charge is 2.18. The van der Waals surface area contributed by atoms with Crippen LogP contribution in [0.15, 0.2) is 59.7 Å². The number of benzene rings is 2. The van der Waals surface area contributed by atoms with Crippen molar-refractivity contribution in [3.05, 3.63) is 65.2 Å². The Kier molecular flexibility index (Phi) is 5.57. The van der Waals surface area contributed by atoms with E-state index in [1.807, 2.05) is 30.3 Å². The summed E-state index contributed by atoms with van der Waals surface area (Å²) in [4.78, 5) is 31.4. The lowest BCUT2D eigenvalue weighted by Gasteiger charge is -2.29. The van der Waals surface area contributed by atoms with Crippen LogP contribution in [0.2, 0.25) is 0 Å². The number of carbonyl (C=O) groups excluding carboxylic acids is 1. The van der Waals surface area contributed by atoms with Crippen LogP contribution < -0.4 is 15.6 Å². The minimum Gasteiger partial charge on any atom is -0.490 e. The van der Waals surface area contributed by atoms with E-state index in [-0.39, 0.29) is 24.1 Å². The second-order valence-corrected chi connectivity index (χ2v) is 7.39. The van der Waals surface area contributed by atoms with Gasteiger partial charge >= 0.3 is 0 Å². The lowest BCUT2D eigenvalue weighted by molar-refractivity contribution is -0.116. The van der Waals surface area contributed by atoms with E-state index in [1.54, 1.807) is 18.2 Å². The summed E-state index contributed by atoms with van der Waals surface area (Å²) in [5.74, 6) is 0.515. The number of nitrogens with one attached hydrogen (secondary N) is 1. The highest BCUT2D eigenvalue weighted by molar-refractivity contribution is 5.90. The molecule has 2 aromatic carbocycles. The first kappa shape index (κ1) is 19.1. The van der Waals surface area contributed by atoms with Gasteiger partial charge in [-0.05, 0) is 56.3 Å². The number of carbonyl (C=O) groups is 1. The third-order valence-electron chi connectivity index (χ3n) is 5.15. The molecule has 150 valence electrons. The Bertz CT molecular complexity index is 1050. The van der Waals surface area contributed by atoms with Crippen LogP contribution in [0.4, 0.5) is 5.69 Å². The molecule has 0 aliphatic carbocycles. The topological polar surface area (TPSA) is 76.5 Å². The normalized spacial score (nSPS) is 15.3. The molecule has 1 aliphatic rings.